The van der Waals surface area contributed by atoms with Gasteiger partial charge in [0.05, 0.1) is 12.2 Å². The lowest BCUT2D eigenvalue weighted by Crippen LogP contribution is -2.47. The SMILES string of the molecule is CN(CC(F)(F)C(F)(F)F)S(=O)(=O)Cc1ccon1. The van der Waals surface area contributed by atoms with Crippen molar-refractivity contribution in [2.75, 3.05) is 13.6 Å². The van der Waals surface area contributed by atoms with Gasteiger partial charge in [-0.3, -0.25) is 0 Å². The minimum Gasteiger partial charge on any atom is -0.364 e. The molecular formula is C8H9F5N2O3S. The number of sulfonamides is 1. The molecule has 0 fully saturated rings. The predicted octanol–water partition coefficient (Wildman–Crippen LogP) is 1.63. The van der Waals surface area contributed by atoms with Crippen molar-refractivity contribution >= 4 is 10.0 Å². The van der Waals surface area contributed by atoms with Crippen molar-refractivity contribution in [3.05, 3.63) is 18.0 Å². The normalized spacial score (nSPS) is 14.1. The van der Waals surface area contributed by atoms with E-state index in [0.29, 0.717) is 7.05 Å². The Labute approximate surface area is 105 Å². The van der Waals surface area contributed by atoms with E-state index in [1.165, 1.54) is 0 Å². The van der Waals surface area contributed by atoms with E-state index >= 15 is 0 Å². The number of alkyl halides is 5. The highest BCUT2D eigenvalue weighted by atomic mass is 32.2. The highest BCUT2D eigenvalue weighted by Crippen LogP contribution is 2.36. The second-order valence-electron chi connectivity index (χ2n) is 3.71. The Morgan fingerprint density at radius 1 is 1.32 bits per heavy atom. The van der Waals surface area contributed by atoms with Crippen LogP contribution in [0.4, 0.5) is 22.0 Å². The van der Waals surface area contributed by atoms with Crippen molar-refractivity contribution < 1.29 is 34.9 Å². The summed E-state index contributed by atoms with van der Waals surface area (Å²) in [5.74, 6) is -5.95. The molecule has 5 nitrogen and oxygen atoms in total. The second kappa shape index (κ2) is 5.04. The molecule has 0 saturated carbocycles. The molecule has 1 rings (SSSR count). The van der Waals surface area contributed by atoms with Crippen LogP contribution >= 0.6 is 0 Å². The summed E-state index contributed by atoms with van der Waals surface area (Å²) in [5, 5.41) is 3.24. The zero-order chi connectivity index (χ0) is 14.9. The van der Waals surface area contributed by atoms with E-state index in [9.17, 15) is 30.4 Å². The van der Waals surface area contributed by atoms with Gasteiger partial charge in [0.25, 0.3) is 0 Å². The van der Waals surface area contributed by atoms with Gasteiger partial charge in [0.1, 0.15) is 12.0 Å². The maximum Gasteiger partial charge on any atom is 0.454 e. The van der Waals surface area contributed by atoms with Gasteiger partial charge in [-0.2, -0.15) is 26.3 Å². The first-order valence-corrected chi connectivity index (χ1v) is 6.34. The van der Waals surface area contributed by atoms with Crippen LogP contribution in [0.25, 0.3) is 0 Å². The molecule has 0 N–H and O–H groups in total. The number of aromatic nitrogens is 1. The molecular weight excluding hydrogens is 299 g/mol. The van der Waals surface area contributed by atoms with Crippen molar-refractivity contribution in [3.63, 3.8) is 0 Å². The van der Waals surface area contributed by atoms with Crippen LogP contribution in [0, 0.1) is 0 Å². The zero-order valence-corrected chi connectivity index (χ0v) is 10.3. The average Bonchev–Trinajstić information content (AvgIpc) is 2.66. The van der Waals surface area contributed by atoms with Gasteiger partial charge in [-0.15, -0.1) is 0 Å². The molecule has 1 aromatic heterocycles. The number of hydrogen-bond donors (Lipinski definition) is 0. The molecule has 0 unspecified atom stereocenters. The molecule has 0 amide bonds. The van der Waals surface area contributed by atoms with Crippen molar-refractivity contribution in [1.82, 2.24) is 9.46 Å². The standard InChI is InChI=1S/C8H9F5N2O3S/c1-15(5-7(9,10)8(11,12)13)19(16,17)4-6-2-3-18-14-6/h2-3H,4-5H2,1H3. The molecule has 0 bridgehead atoms. The average molecular weight is 308 g/mol. The van der Waals surface area contributed by atoms with E-state index in [2.05, 4.69) is 9.68 Å². The summed E-state index contributed by atoms with van der Waals surface area (Å²) in [6.45, 7) is -1.99. The van der Waals surface area contributed by atoms with Crippen LogP contribution in [0.15, 0.2) is 16.9 Å². The molecule has 0 atom stereocenters. The molecule has 0 aliphatic carbocycles. The molecule has 0 aromatic carbocycles. The fraction of sp³-hybridized carbons (Fsp3) is 0.625. The van der Waals surface area contributed by atoms with Gasteiger partial charge in [-0.05, 0) is 0 Å². The smallest absolute Gasteiger partial charge is 0.364 e. The van der Waals surface area contributed by atoms with Crippen LogP contribution in [0.3, 0.4) is 0 Å². The maximum absolute atomic E-state index is 12.7. The molecule has 0 radical (unpaired) electrons. The number of rotatable bonds is 5. The van der Waals surface area contributed by atoms with Gasteiger partial charge in [0.2, 0.25) is 10.0 Å². The van der Waals surface area contributed by atoms with Crippen molar-refractivity contribution in [1.29, 1.82) is 0 Å². The van der Waals surface area contributed by atoms with Crippen LogP contribution in [0.1, 0.15) is 5.69 Å². The molecule has 19 heavy (non-hydrogen) atoms. The summed E-state index contributed by atoms with van der Waals surface area (Å²) in [7, 11) is -3.71. The van der Waals surface area contributed by atoms with Gasteiger partial charge >= 0.3 is 12.1 Å². The third-order valence-corrected chi connectivity index (χ3v) is 3.87. The number of hydrogen-bond acceptors (Lipinski definition) is 4. The van der Waals surface area contributed by atoms with Gasteiger partial charge in [0, 0.05) is 13.1 Å². The monoisotopic (exact) mass is 308 g/mol. The first kappa shape index (κ1) is 15.8. The Morgan fingerprint density at radius 3 is 2.32 bits per heavy atom. The van der Waals surface area contributed by atoms with E-state index in [1.807, 2.05) is 0 Å². The molecule has 0 aliphatic rings. The fourth-order valence-electron chi connectivity index (χ4n) is 1.08. The van der Waals surface area contributed by atoms with Gasteiger partial charge in [-0.25, -0.2) is 8.42 Å². The summed E-state index contributed by atoms with van der Waals surface area (Å²) in [6, 6.07) is 1.16. The Hall–Kier alpha value is -1.23. The third-order valence-electron chi connectivity index (χ3n) is 2.13. The number of nitrogens with zero attached hydrogens (tertiary/aromatic N) is 2. The minimum absolute atomic E-state index is 0.0603. The van der Waals surface area contributed by atoms with Gasteiger partial charge < -0.3 is 4.52 Å². The van der Waals surface area contributed by atoms with E-state index in [0.717, 1.165) is 12.3 Å². The van der Waals surface area contributed by atoms with Crippen molar-refractivity contribution in [3.8, 4) is 0 Å². The highest BCUT2D eigenvalue weighted by Gasteiger charge is 2.58. The van der Waals surface area contributed by atoms with Crippen molar-refractivity contribution in [2.24, 2.45) is 0 Å². The van der Waals surface area contributed by atoms with E-state index < -0.39 is 34.4 Å². The predicted molar refractivity (Wildman–Crippen MR) is 52.8 cm³/mol. The molecule has 1 heterocycles. The Bertz CT molecular complexity index is 511. The van der Waals surface area contributed by atoms with Crippen LogP contribution < -0.4 is 0 Å². The summed E-state index contributed by atoms with van der Waals surface area (Å²) in [5.41, 5.74) is -0.0952. The Kier molecular flexibility index (Phi) is 4.20. The lowest BCUT2D eigenvalue weighted by Gasteiger charge is -2.24. The van der Waals surface area contributed by atoms with E-state index in [4.69, 9.17) is 0 Å². The lowest BCUT2D eigenvalue weighted by atomic mass is 10.3. The molecule has 1 aromatic rings. The van der Waals surface area contributed by atoms with Crippen molar-refractivity contribution in [2.45, 2.75) is 17.9 Å². The molecule has 0 aliphatic heterocycles. The van der Waals surface area contributed by atoms with Gasteiger partial charge in [-0.1, -0.05) is 5.16 Å². The van der Waals surface area contributed by atoms with Crippen LogP contribution in [0.2, 0.25) is 0 Å². The topological polar surface area (TPSA) is 63.4 Å². The highest BCUT2D eigenvalue weighted by molar-refractivity contribution is 7.88. The Morgan fingerprint density at radius 2 is 1.89 bits per heavy atom. The maximum atomic E-state index is 12.7. The van der Waals surface area contributed by atoms with E-state index in [-0.39, 0.29) is 10.00 Å². The lowest BCUT2D eigenvalue weighted by molar-refractivity contribution is -0.282. The van der Waals surface area contributed by atoms with Gasteiger partial charge in [0.15, 0.2) is 0 Å². The first-order valence-electron chi connectivity index (χ1n) is 4.73. The summed E-state index contributed by atoms with van der Waals surface area (Å²) in [4.78, 5) is 0. The van der Waals surface area contributed by atoms with Crippen LogP contribution in [0.5, 0.6) is 0 Å². The third kappa shape index (κ3) is 3.86. The summed E-state index contributed by atoms with van der Waals surface area (Å²) < 4.78 is 88.7. The van der Waals surface area contributed by atoms with E-state index in [1.54, 1.807) is 0 Å². The largest absolute Gasteiger partial charge is 0.454 e. The molecule has 11 heteroatoms. The van der Waals surface area contributed by atoms with Crippen LogP contribution in [-0.4, -0.2) is 43.6 Å². The second-order valence-corrected chi connectivity index (χ2v) is 5.78. The first-order chi connectivity index (χ1) is 8.46. The van der Waals surface area contributed by atoms with Crippen LogP contribution in [-0.2, 0) is 15.8 Å². The zero-order valence-electron chi connectivity index (χ0n) is 9.49. The molecule has 0 spiro atoms. The quantitative estimate of drug-likeness (QED) is 0.776. The number of halogens is 5. The summed E-state index contributed by atoms with van der Waals surface area (Å²) in [6.07, 6.45) is -4.76. The molecule has 0 saturated heterocycles. The molecule has 110 valence electrons. The summed E-state index contributed by atoms with van der Waals surface area (Å²) >= 11 is 0. The fourth-order valence-corrected chi connectivity index (χ4v) is 2.18. The Balaban J connectivity index is 2.80. The minimum atomic E-state index is -5.81.